The highest BCUT2D eigenvalue weighted by molar-refractivity contribution is 6.42. The zero-order chi connectivity index (χ0) is 17.0. The van der Waals surface area contributed by atoms with Crippen LogP contribution in [0.2, 0.25) is 15.1 Å². The van der Waals surface area contributed by atoms with E-state index in [2.05, 4.69) is 4.74 Å². The van der Waals surface area contributed by atoms with E-state index < -0.39 is 5.97 Å². The molecule has 120 valence electrons. The lowest BCUT2D eigenvalue weighted by Crippen LogP contribution is -2.12. The standard InChI is InChI=1S/C16H12Cl3NO3/c1-22-16(21)14(20)6-9-2-3-10(17)7-15(9)23-11-4-5-12(18)13(19)8-11/h2-8H,20H2,1H3/b14-6-. The summed E-state index contributed by atoms with van der Waals surface area (Å²) in [6.45, 7) is 0. The molecular weight excluding hydrogens is 361 g/mol. The van der Waals surface area contributed by atoms with Gasteiger partial charge in [-0.1, -0.05) is 34.8 Å². The fourth-order valence-electron chi connectivity index (χ4n) is 1.73. The number of esters is 1. The van der Waals surface area contributed by atoms with Crippen LogP contribution in [0.4, 0.5) is 0 Å². The molecule has 7 heteroatoms. The van der Waals surface area contributed by atoms with Crippen LogP contribution in [0.3, 0.4) is 0 Å². The Morgan fingerprint density at radius 2 is 1.83 bits per heavy atom. The molecule has 23 heavy (non-hydrogen) atoms. The van der Waals surface area contributed by atoms with Crippen molar-refractivity contribution in [3.63, 3.8) is 0 Å². The Kier molecular flexibility index (Phi) is 5.77. The Bertz CT molecular complexity index is 775. The van der Waals surface area contributed by atoms with Gasteiger partial charge in [0.05, 0.1) is 17.2 Å². The van der Waals surface area contributed by atoms with Crippen LogP contribution in [-0.4, -0.2) is 13.1 Å². The van der Waals surface area contributed by atoms with Crippen LogP contribution < -0.4 is 10.5 Å². The summed E-state index contributed by atoms with van der Waals surface area (Å²) >= 11 is 17.8. The van der Waals surface area contributed by atoms with E-state index >= 15 is 0 Å². The summed E-state index contributed by atoms with van der Waals surface area (Å²) in [4.78, 5) is 11.4. The highest BCUT2D eigenvalue weighted by Gasteiger charge is 2.10. The van der Waals surface area contributed by atoms with Gasteiger partial charge in [0.1, 0.15) is 17.2 Å². The smallest absolute Gasteiger partial charge is 0.353 e. The molecule has 2 rings (SSSR count). The number of methoxy groups -OCH3 is 1. The normalized spacial score (nSPS) is 11.2. The third-order valence-electron chi connectivity index (χ3n) is 2.83. The molecule has 0 aliphatic heterocycles. The van der Waals surface area contributed by atoms with Gasteiger partial charge >= 0.3 is 5.97 Å². The van der Waals surface area contributed by atoms with Crippen LogP contribution in [0.1, 0.15) is 5.56 Å². The first-order chi connectivity index (χ1) is 10.9. The Hall–Kier alpha value is -1.88. The van der Waals surface area contributed by atoms with E-state index in [0.29, 0.717) is 32.1 Å². The number of carbonyl (C=O) groups is 1. The molecule has 0 heterocycles. The molecular formula is C16H12Cl3NO3. The minimum atomic E-state index is -0.638. The molecule has 0 unspecified atom stereocenters. The van der Waals surface area contributed by atoms with Gasteiger partial charge in [-0.3, -0.25) is 0 Å². The fourth-order valence-corrected chi connectivity index (χ4v) is 2.18. The minimum Gasteiger partial charge on any atom is -0.464 e. The van der Waals surface area contributed by atoms with E-state index in [1.165, 1.54) is 13.2 Å². The van der Waals surface area contributed by atoms with Crippen LogP contribution in [-0.2, 0) is 9.53 Å². The van der Waals surface area contributed by atoms with E-state index in [4.69, 9.17) is 45.3 Å². The third kappa shape index (κ3) is 4.55. The average molecular weight is 373 g/mol. The van der Waals surface area contributed by atoms with Crippen molar-refractivity contribution < 1.29 is 14.3 Å². The molecule has 0 saturated heterocycles. The zero-order valence-corrected chi connectivity index (χ0v) is 14.2. The summed E-state index contributed by atoms with van der Waals surface area (Å²) in [6, 6.07) is 9.77. The van der Waals surface area contributed by atoms with Crippen molar-refractivity contribution in [2.24, 2.45) is 5.73 Å². The fraction of sp³-hybridized carbons (Fsp3) is 0.0625. The van der Waals surface area contributed by atoms with Gasteiger partial charge in [0, 0.05) is 22.7 Å². The maximum Gasteiger partial charge on any atom is 0.353 e. The molecule has 4 nitrogen and oxygen atoms in total. The number of benzene rings is 2. The van der Waals surface area contributed by atoms with Gasteiger partial charge in [0.2, 0.25) is 0 Å². The quantitative estimate of drug-likeness (QED) is 0.612. The number of rotatable bonds is 4. The van der Waals surface area contributed by atoms with Crippen molar-refractivity contribution in [3.8, 4) is 11.5 Å². The van der Waals surface area contributed by atoms with Gasteiger partial charge in [-0.15, -0.1) is 0 Å². The van der Waals surface area contributed by atoms with Gasteiger partial charge in [-0.25, -0.2) is 4.79 Å². The molecule has 0 bridgehead atoms. The summed E-state index contributed by atoms with van der Waals surface area (Å²) in [6.07, 6.45) is 1.44. The first-order valence-electron chi connectivity index (χ1n) is 6.38. The van der Waals surface area contributed by atoms with E-state index in [9.17, 15) is 4.79 Å². The van der Waals surface area contributed by atoms with Crippen LogP contribution in [0.25, 0.3) is 6.08 Å². The molecule has 0 amide bonds. The lowest BCUT2D eigenvalue weighted by molar-refractivity contribution is -0.136. The molecule has 0 atom stereocenters. The van der Waals surface area contributed by atoms with E-state index in [-0.39, 0.29) is 5.70 Å². The molecule has 0 radical (unpaired) electrons. The van der Waals surface area contributed by atoms with Gasteiger partial charge in [-0.05, 0) is 30.3 Å². The van der Waals surface area contributed by atoms with Crippen LogP contribution in [0, 0.1) is 0 Å². The van der Waals surface area contributed by atoms with Crippen LogP contribution >= 0.6 is 34.8 Å². The second-order valence-corrected chi connectivity index (χ2v) is 5.70. The number of hydrogen-bond acceptors (Lipinski definition) is 4. The lowest BCUT2D eigenvalue weighted by atomic mass is 10.1. The van der Waals surface area contributed by atoms with Gasteiger partial charge in [0.15, 0.2) is 0 Å². The molecule has 0 spiro atoms. The monoisotopic (exact) mass is 371 g/mol. The Balaban J connectivity index is 2.39. The van der Waals surface area contributed by atoms with Crippen molar-refractivity contribution >= 4 is 46.8 Å². The molecule has 2 aromatic rings. The number of ether oxygens (including phenoxy) is 2. The molecule has 2 aromatic carbocycles. The number of carbonyl (C=O) groups excluding carboxylic acids is 1. The summed E-state index contributed by atoms with van der Waals surface area (Å²) in [5.74, 6) is 0.233. The van der Waals surface area contributed by atoms with E-state index in [1.54, 1.807) is 36.4 Å². The van der Waals surface area contributed by atoms with Gasteiger partial charge < -0.3 is 15.2 Å². The molecule has 0 fully saturated rings. The molecule has 0 aromatic heterocycles. The predicted molar refractivity (Wildman–Crippen MR) is 92.2 cm³/mol. The van der Waals surface area contributed by atoms with Crippen molar-refractivity contribution in [3.05, 3.63) is 62.7 Å². The molecule has 0 aliphatic carbocycles. The Morgan fingerprint density at radius 3 is 2.48 bits per heavy atom. The second kappa shape index (κ2) is 7.59. The Morgan fingerprint density at radius 1 is 1.09 bits per heavy atom. The maximum absolute atomic E-state index is 11.4. The second-order valence-electron chi connectivity index (χ2n) is 4.45. The van der Waals surface area contributed by atoms with Crippen LogP contribution in [0.15, 0.2) is 42.1 Å². The predicted octanol–water partition coefficient (Wildman–Crippen LogP) is 4.91. The third-order valence-corrected chi connectivity index (χ3v) is 3.80. The summed E-state index contributed by atoms with van der Waals surface area (Å²) in [5, 5.41) is 1.24. The first-order valence-corrected chi connectivity index (χ1v) is 7.52. The summed E-state index contributed by atoms with van der Waals surface area (Å²) in [7, 11) is 1.25. The summed E-state index contributed by atoms with van der Waals surface area (Å²) < 4.78 is 10.3. The number of halogens is 3. The molecule has 0 saturated carbocycles. The van der Waals surface area contributed by atoms with E-state index in [0.717, 1.165) is 0 Å². The lowest BCUT2D eigenvalue weighted by Gasteiger charge is -2.11. The highest BCUT2D eigenvalue weighted by Crippen LogP contribution is 2.33. The van der Waals surface area contributed by atoms with E-state index in [1.807, 2.05) is 0 Å². The van der Waals surface area contributed by atoms with Crippen molar-refractivity contribution in [2.75, 3.05) is 7.11 Å². The Labute approximate surface area is 148 Å². The number of hydrogen-bond donors (Lipinski definition) is 1. The minimum absolute atomic E-state index is 0.0613. The highest BCUT2D eigenvalue weighted by atomic mass is 35.5. The van der Waals surface area contributed by atoms with Crippen molar-refractivity contribution in [1.29, 1.82) is 0 Å². The zero-order valence-electron chi connectivity index (χ0n) is 12.0. The number of nitrogens with two attached hydrogens (primary N) is 1. The SMILES string of the molecule is COC(=O)/C(N)=C/c1ccc(Cl)cc1Oc1ccc(Cl)c(Cl)c1. The maximum atomic E-state index is 11.4. The van der Waals surface area contributed by atoms with Gasteiger partial charge in [0.25, 0.3) is 0 Å². The van der Waals surface area contributed by atoms with Crippen molar-refractivity contribution in [1.82, 2.24) is 0 Å². The van der Waals surface area contributed by atoms with Crippen molar-refractivity contribution in [2.45, 2.75) is 0 Å². The average Bonchev–Trinajstić information content (AvgIpc) is 2.52. The van der Waals surface area contributed by atoms with Gasteiger partial charge in [-0.2, -0.15) is 0 Å². The summed E-state index contributed by atoms with van der Waals surface area (Å²) in [5.41, 5.74) is 6.16. The van der Waals surface area contributed by atoms with Crippen LogP contribution in [0.5, 0.6) is 11.5 Å². The molecule has 2 N–H and O–H groups in total. The topological polar surface area (TPSA) is 61.5 Å². The largest absolute Gasteiger partial charge is 0.464 e. The first kappa shape index (κ1) is 17.5. The molecule has 0 aliphatic rings.